The van der Waals surface area contributed by atoms with E-state index in [1.165, 1.54) is 11.4 Å². The third kappa shape index (κ3) is 3.55. The van der Waals surface area contributed by atoms with Crippen LogP contribution in [0.15, 0.2) is 10.7 Å². The van der Waals surface area contributed by atoms with Crippen molar-refractivity contribution in [1.82, 2.24) is 24.6 Å². The lowest BCUT2D eigenvalue weighted by atomic mass is 10.3. The third-order valence-electron chi connectivity index (χ3n) is 3.63. The second kappa shape index (κ2) is 7.22. The molecule has 2 rings (SSSR count). The molecule has 2 aromatic heterocycles. The number of nitrogens with zero attached hydrogens (tertiary/aromatic N) is 4. The number of rotatable bonds is 7. The molecule has 0 fully saturated rings. The van der Waals surface area contributed by atoms with E-state index in [4.69, 9.17) is 0 Å². The van der Waals surface area contributed by atoms with Crippen molar-refractivity contribution in [2.75, 3.05) is 6.54 Å². The summed E-state index contributed by atoms with van der Waals surface area (Å²) in [5.74, 6) is 1.04. The molecular weight excluding hydrogens is 330 g/mol. The molecule has 6 heteroatoms. The summed E-state index contributed by atoms with van der Waals surface area (Å²) in [6, 6.07) is 0. The SMILES string of the molecule is CCCNCc1cnc(C)n1Cc1c(Br)c(C)nn1CC. The number of aryl methyl sites for hydroxylation is 3. The van der Waals surface area contributed by atoms with Gasteiger partial charge in [0.1, 0.15) is 5.82 Å². The third-order valence-corrected chi connectivity index (χ3v) is 4.66. The first-order valence-corrected chi connectivity index (χ1v) is 8.31. The highest BCUT2D eigenvalue weighted by Crippen LogP contribution is 2.23. The number of halogens is 1. The van der Waals surface area contributed by atoms with E-state index in [1.54, 1.807) is 0 Å². The van der Waals surface area contributed by atoms with Gasteiger partial charge in [-0.15, -0.1) is 0 Å². The number of aromatic nitrogens is 4. The Bertz CT molecular complexity index is 599. The van der Waals surface area contributed by atoms with Crippen molar-refractivity contribution in [1.29, 1.82) is 0 Å². The van der Waals surface area contributed by atoms with Crippen molar-refractivity contribution < 1.29 is 0 Å². The van der Waals surface area contributed by atoms with Gasteiger partial charge in [0, 0.05) is 19.3 Å². The molecule has 0 atom stereocenters. The van der Waals surface area contributed by atoms with Crippen molar-refractivity contribution in [3.8, 4) is 0 Å². The quantitative estimate of drug-likeness (QED) is 0.778. The van der Waals surface area contributed by atoms with Crippen LogP contribution in [0.1, 0.15) is 43.2 Å². The minimum absolute atomic E-state index is 0.796. The first-order chi connectivity index (χ1) is 10.1. The van der Waals surface area contributed by atoms with Crippen LogP contribution in [0.3, 0.4) is 0 Å². The Morgan fingerprint density at radius 3 is 2.71 bits per heavy atom. The Hall–Kier alpha value is -1.14. The molecule has 0 amide bonds. The molecule has 0 aromatic carbocycles. The van der Waals surface area contributed by atoms with Crippen LogP contribution in [0.2, 0.25) is 0 Å². The zero-order valence-corrected chi connectivity index (χ0v) is 14.9. The number of hydrogen-bond acceptors (Lipinski definition) is 3. The van der Waals surface area contributed by atoms with Gasteiger partial charge >= 0.3 is 0 Å². The van der Waals surface area contributed by atoms with E-state index >= 15 is 0 Å². The minimum Gasteiger partial charge on any atom is -0.325 e. The summed E-state index contributed by atoms with van der Waals surface area (Å²) >= 11 is 3.67. The van der Waals surface area contributed by atoms with E-state index in [9.17, 15) is 0 Å². The van der Waals surface area contributed by atoms with Crippen LogP contribution >= 0.6 is 15.9 Å². The molecule has 0 saturated carbocycles. The van der Waals surface area contributed by atoms with Gasteiger partial charge in [-0.25, -0.2) is 4.98 Å². The van der Waals surface area contributed by atoms with Crippen LogP contribution in [-0.4, -0.2) is 25.9 Å². The van der Waals surface area contributed by atoms with E-state index in [1.807, 2.05) is 13.1 Å². The van der Waals surface area contributed by atoms with Crippen LogP contribution in [-0.2, 0) is 19.6 Å². The first kappa shape index (κ1) is 16.2. The van der Waals surface area contributed by atoms with E-state index < -0.39 is 0 Å². The minimum atomic E-state index is 0.796. The number of hydrogen-bond donors (Lipinski definition) is 1. The monoisotopic (exact) mass is 353 g/mol. The second-order valence-electron chi connectivity index (χ2n) is 5.22. The number of nitrogens with one attached hydrogen (secondary N) is 1. The van der Waals surface area contributed by atoms with Crippen LogP contribution in [0.5, 0.6) is 0 Å². The summed E-state index contributed by atoms with van der Waals surface area (Å²) in [5.41, 5.74) is 3.46. The van der Waals surface area contributed by atoms with Crippen molar-refractivity contribution in [2.45, 2.75) is 53.8 Å². The maximum atomic E-state index is 4.56. The second-order valence-corrected chi connectivity index (χ2v) is 6.01. The lowest BCUT2D eigenvalue weighted by molar-refractivity contribution is 0.571. The van der Waals surface area contributed by atoms with E-state index in [0.29, 0.717) is 0 Å². The smallest absolute Gasteiger partial charge is 0.106 e. The van der Waals surface area contributed by atoms with Crippen molar-refractivity contribution in [3.63, 3.8) is 0 Å². The predicted molar refractivity (Wildman–Crippen MR) is 88.4 cm³/mol. The van der Waals surface area contributed by atoms with Gasteiger partial charge < -0.3 is 9.88 Å². The maximum absolute atomic E-state index is 4.56. The van der Waals surface area contributed by atoms with Gasteiger partial charge in [-0.05, 0) is 49.7 Å². The molecule has 0 unspecified atom stereocenters. The summed E-state index contributed by atoms with van der Waals surface area (Å²) in [7, 11) is 0. The van der Waals surface area contributed by atoms with Gasteiger partial charge in [0.2, 0.25) is 0 Å². The molecule has 2 heterocycles. The van der Waals surface area contributed by atoms with Crippen molar-refractivity contribution in [2.24, 2.45) is 0 Å². The average molecular weight is 354 g/mol. The molecule has 2 aromatic rings. The normalized spacial score (nSPS) is 11.3. The predicted octanol–water partition coefficient (Wildman–Crippen LogP) is 3.03. The molecule has 21 heavy (non-hydrogen) atoms. The van der Waals surface area contributed by atoms with Gasteiger partial charge in [-0.2, -0.15) is 5.10 Å². The van der Waals surface area contributed by atoms with Gasteiger partial charge in [0.05, 0.1) is 28.1 Å². The Morgan fingerprint density at radius 2 is 2.05 bits per heavy atom. The molecule has 0 aliphatic carbocycles. The molecule has 0 aliphatic rings. The summed E-state index contributed by atoms with van der Waals surface area (Å²) in [6.07, 6.45) is 3.10. The molecule has 0 radical (unpaired) electrons. The fourth-order valence-corrected chi connectivity index (χ4v) is 2.84. The molecule has 1 N–H and O–H groups in total. The van der Waals surface area contributed by atoms with E-state index in [0.717, 1.165) is 48.6 Å². The largest absolute Gasteiger partial charge is 0.325 e. The standard InChI is InChI=1S/C15H24BrN5/c1-5-7-17-8-13-9-18-12(4)20(13)10-14-15(16)11(3)19-21(14)6-2/h9,17H,5-8,10H2,1-4H3. The molecule has 0 spiro atoms. The highest BCUT2D eigenvalue weighted by atomic mass is 79.9. The Labute approximate surface area is 134 Å². The zero-order chi connectivity index (χ0) is 15.4. The molecular formula is C15H24BrN5. The lowest BCUT2D eigenvalue weighted by Crippen LogP contribution is -2.18. The van der Waals surface area contributed by atoms with Crippen LogP contribution < -0.4 is 5.32 Å². The summed E-state index contributed by atoms with van der Waals surface area (Å²) in [6.45, 7) is 11.9. The van der Waals surface area contributed by atoms with Gasteiger partial charge in [0.25, 0.3) is 0 Å². The van der Waals surface area contributed by atoms with Crippen LogP contribution in [0.4, 0.5) is 0 Å². The Kier molecular flexibility index (Phi) is 5.58. The average Bonchev–Trinajstić information content (AvgIpc) is 2.95. The highest BCUT2D eigenvalue weighted by molar-refractivity contribution is 9.10. The molecule has 0 saturated heterocycles. The Morgan fingerprint density at radius 1 is 1.29 bits per heavy atom. The molecule has 0 aliphatic heterocycles. The van der Waals surface area contributed by atoms with Crippen molar-refractivity contribution in [3.05, 3.63) is 33.6 Å². The summed E-state index contributed by atoms with van der Waals surface area (Å²) in [5, 5.41) is 8.01. The summed E-state index contributed by atoms with van der Waals surface area (Å²) < 4.78 is 5.42. The fraction of sp³-hybridized carbons (Fsp3) is 0.600. The van der Waals surface area contributed by atoms with E-state index in [2.05, 4.69) is 61.3 Å². The van der Waals surface area contributed by atoms with Gasteiger partial charge in [-0.1, -0.05) is 6.92 Å². The van der Waals surface area contributed by atoms with E-state index in [-0.39, 0.29) is 0 Å². The van der Waals surface area contributed by atoms with Crippen molar-refractivity contribution >= 4 is 15.9 Å². The molecule has 116 valence electrons. The maximum Gasteiger partial charge on any atom is 0.106 e. The topological polar surface area (TPSA) is 47.7 Å². The number of imidazole rings is 1. The van der Waals surface area contributed by atoms with Gasteiger partial charge in [0.15, 0.2) is 0 Å². The van der Waals surface area contributed by atoms with Crippen LogP contribution in [0, 0.1) is 13.8 Å². The molecule has 5 nitrogen and oxygen atoms in total. The summed E-state index contributed by atoms with van der Waals surface area (Å²) in [4.78, 5) is 4.46. The lowest BCUT2D eigenvalue weighted by Gasteiger charge is -2.12. The Balaban J connectivity index is 2.25. The highest BCUT2D eigenvalue weighted by Gasteiger charge is 2.15. The first-order valence-electron chi connectivity index (χ1n) is 7.51. The fourth-order valence-electron chi connectivity index (χ4n) is 2.44. The molecule has 0 bridgehead atoms. The van der Waals surface area contributed by atoms with Crippen LogP contribution in [0.25, 0.3) is 0 Å². The van der Waals surface area contributed by atoms with Gasteiger partial charge in [-0.3, -0.25) is 4.68 Å². The zero-order valence-electron chi connectivity index (χ0n) is 13.3.